The average molecular weight is 352 g/mol. The van der Waals surface area contributed by atoms with Gasteiger partial charge in [-0.1, -0.05) is 12.1 Å². The van der Waals surface area contributed by atoms with Crippen molar-refractivity contribution < 1.29 is 4.79 Å². The van der Waals surface area contributed by atoms with E-state index in [1.165, 1.54) is 0 Å². The summed E-state index contributed by atoms with van der Waals surface area (Å²) in [5.74, 6) is 0.0726. The van der Waals surface area contributed by atoms with Gasteiger partial charge in [-0.15, -0.1) is 36.6 Å². The Labute approximate surface area is 143 Å². The summed E-state index contributed by atoms with van der Waals surface area (Å²) < 4.78 is 0. The van der Waals surface area contributed by atoms with Crippen molar-refractivity contribution >= 4 is 48.2 Å². The predicted molar refractivity (Wildman–Crippen MR) is 95.3 cm³/mol. The molecule has 0 radical (unpaired) electrons. The molecule has 1 aliphatic heterocycles. The van der Waals surface area contributed by atoms with Gasteiger partial charge in [-0.2, -0.15) is 0 Å². The maximum atomic E-state index is 12.3. The molecule has 2 rings (SSSR count). The van der Waals surface area contributed by atoms with Gasteiger partial charge in [-0.3, -0.25) is 9.69 Å². The maximum absolute atomic E-state index is 12.3. The first-order chi connectivity index (χ1) is 9.22. The van der Waals surface area contributed by atoms with Gasteiger partial charge in [-0.05, 0) is 25.3 Å². The summed E-state index contributed by atoms with van der Waals surface area (Å²) in [5.41, 5.74) is 0.905. The summed E-state index contributed by atoms with van der Waals surface area (Å²) in [6.07, 6.45) is 2.02. The topological polar surface area (TPSA) is 44.4 Å². The SMILES string of the molecule is CSc1ccccc1NC(=O)C(C)N1CCNCC1.Cl.Cl. The summed E-state index contributed by atoms with van der Waals surface area (Å²) in [6.45, 7) is 5.75. The highest BCUT2D eigenvalue weighted by Gasteiger charge is 2.22. The van der Waals surface area contributed by atoms with Crippen molar-refractivity contribution in [3.63, 3.8) is 0 Å². The van der Waals surface area contributed by atoms with Crippen molar-refractivity contribution in [2.45, 2.75) is 17.9 Å². The second kappa shape index (κ2) is 10.3. The van der Waals surface area contributed by atoms with Crippen LogP contribution >= 0.6 is 36.6 Å². The molecule has 1 aromatic carbocycles. The largest absolute Gasteiger partial charge is 0.324 e. The van der Waals surface area contributed by atoms with E-state index in [1.807, 2.05) is 37.4 Å². The smallest absolute Gasteiger partial charge is 0.241 e. The number of piperazine rings is 1. The first kappa shape index (κ1) is 20.5. The molecule has 0 aliphatic carbocycles. The lowest BCUT2D eigenvalue weighted by Gasteiger charge is -2.31. The molecule has 21 heavy (non-hydrogen) atoms. The zero-order valence-corrected chi connectivity index (χ0v) is 14.7. The number of hydrogen-bond donors (Lipinski definition) is 2. The predicted octanol–water partition coefficient (Wildman–Crippen LogP) is 2.48. The number of nitrogens with one attached hydrogen (secondary N) is 2. The van der Waals surface area contributed by atoms with Crippen molar-refractivity contribution in [3.05, 3.63) is 24.3 Å². The van der Waals surface area contributed by atoms with E-state index in [-0.39, 0.29) is 36.8 Å². The molecule has 1 heterocycles. The minimum absolute atomic E-state index is 0. The van der Waals surface area contributed by atoms with Gasteiger partial charge >= 0.3 is 0 Å². The number of nitrogens with zero attached hydrogens (tertiary/aromatic N) is 1. The Kier molecular flexibility index (Phi) is 10.1. The van der Waals surface area contributed by atoms with Gasteiger partial charge in [0.05, 0.1) is 11.7 Å². The van der Waals surface area contributed by atoms with E-state index in [1.54, 1.807) is 11.8 Å². The fourth-order valence-electron chi connectivity index (χ4n) is 2.22. The van der Waals surface area contributed by atoms with Crippen LogP contribution in [-0.4, -0.2) is 49.3 Å². The summed E-state index contributed by atoms with van der Waals surface area (Å²) in [5, 5.41) is 6.34. The molecule has 1 aliphatic rings. The Morgan fingerprint density at radius 2 is 1.90 bits per heavy atom. The molecule has 1 amide bonds. The third-order valence-electron chi connectivity index (χ3n) is 3.44. The van der Waals surface area contributed by atoms with Crippen molar-refractivity contribution in [1.82, 2.24) is 10.2 Å². The third-order valence-corrected chi connectivity index (χ3v) is 4.24. The summed E-state index contributed by atoms with van der Waals surface area (Å²) >= 11 is 1.65. The first-order valence-electron chi connectivity index (χ1n) is 6.61. The molecule has 7 heteroatoms. The Morgan fingerprint density at radius 3 is 2.52 bits per heavy atom. The lowest BCUT2D eigenvalue weighted by molar-refractivity contribution is -0.121. The highest BCUT2D eigenvalue weighted by atomic mass is 35.5. The van der Waals surface area contributed by atoms with E-state index < -0.39 is 0 Å². The van der Waals surface area contributed by atoms with E-state index in [2.05, 4.69) is 15.5 Å². The van der Waals surface area contributed by atoms with E-state index in [0.717, 1.165) is 36.8 Å². The zero-order valence-electron chi connectivity index (χ0n) is 12.3. The van der Waals surface area contributed by atoms with E-state index >= 15 is 0 Å². The number of benzene rings is 1. The van der Waals surface area contributed by atoms with Crippen LogP contribution in [0.15, 0.2) is 29.2 Å². The van der Waals surface area contributed by atoms with Crippen LogP contribution in [0.2, 0.25) is 0 Å². The molecule has 1 atom stereocenters. The average Bonchev–Trinajstić information content (AvgIpc) is 2.48. The normalized spacial score (nSPS) is 16.3. The first-order valence-corrected chi connectivity index (χ1v) is 7.83. The number of para-hydroxylation sites is 1. The molecule has 0 saturated carbocycles. The van der Waals surface area contributed by atoms with Crippen LogP contribution in [0.1, 0.15) is 6.92 Å². The number of amides is 1. The molecule has 0 spiro atoms. The Hall–Kier alpha value is -0.460. The van der Waals surface area contributed by atoms with Crippen molar-refractivity contribution in [3.8, 4) is 0 Å². The Morgan fingerprint density at radius 1 is 1.29 bits per heavy atom. The quantitative estimate of drug-likeness (QED) is 0.818. The van der Waals surface area contributed by atoms with Crippen LogP contribution in [0.5, 0.6) is 0 Å². The van der Waals surface area contributed by atoms with Gasteiger partial charge < -0.3 is 10.6 Å². The monoisotopic (exact) mass is 351 g/mol. The van der Waals surface area contributed by atoms with Gasteiger partial charge in [0.25, 0.3) is 0 Å². The Balaban J connectivity index is 0.00000200. The van der Waals surface area contributed by atoms with Crippen molar-refractivity contribution in [2.75, 3.05) is 37.8 Å². The molecule has 1 unspecified atom stereocenters. The minimum atomic E-state index is -0.0861. The summed E-state index contributed by atoms with van der Waals surface area (Å²) in [6, 6.07) is 7.83. The van der Waals surface area contributed by atoms with Gasteiger partial charge in [0.1, 0.15) is 0 Å². The second-order valence-electron chi connectivity index (χ2n) is 4.65. The molecule has 120 valence electrons. The lowest BCUT2D eigenvalue weighted by atomic mass is 10.2. The lowest BCUT2D eigenvalue weighted by Crippen LogP contribution is -2.51. The molecule has 4 nitrogen and oxygen atoms in total. The Bertz CT molecular complexity index is 442. The highest BCUT2D eigenvalue weighted by molar-refractivity contribution is 7.98. The number of rotatable bonds is 4. The number of anilines is 1. The highest BCUT2D eigenvalue weighted by Crippen LogP contribution is 2.24. The molecule has 1 fully saturated rings. The fourth-order valence-corrected chi connectivity index (χ4v) is 2.77. The molecule has 1 saturated heterocycles. The number of carbonyl (C=O) groups excluding carboxylic acids is 1. The molecule has 0 aromatic heterocycles. The van der Waals surface area contributed by atoms with Gasteiger partial charge in [0, 0.05) is 31.1 Å². The molecular formula is C14H23Cl2N3OS. The number of hydrogen-bond acceptors (Lipinski definition) is 4. The van der Waals surface area contributed by atoms with E-state index in [0.29, 0.717) is 0 Å². The molecule has 1 aromatic rings. The van der Waals surface area contributed by atoms with E-state index in [4.69, 9.17) is 0 Å². The minimum Gasteiger partial charge on any atom is -0.324 e. The zero-order chi connectivity index (χ0) is 13.7. The van der Waals surface area contributed by atoms with Crippen LogP contribution in [0.4, 0.5) is 5.69 Å². The second-order valence-corrected chi connectivity index (χ2v) is 5.50. The number of thioether (sulfide) groups is 1. The molecular weight excluding hydrogens is 329 g/mol. The van der Waals surface area contributed by atoms with Crippen LogP contribution in [0, 0.1) is 0 Å². The molecule has 2 N–H and O–H groups in total. The summed E-state index contributed by atoms with van der Waals surface area (Å²) in [7, 11) is 0. The van der Waals surface area contributed by atoms with Crippen molar-refractivity contribution in [2.24, 2.45) is 0 Å². The van der Waals surface area contributed by atoms with Crippen LogP contribution in [0.25, 0.3) is 0 Å². The number of halogens is 2. The fraction of sp³-hybridized carbons (Fsp3) is 0.500. The van der Waals surface area contributed by atoms with Crippen molar-refractivity contribution in [1.29, 1.82) is 0 Å². The van der Waals surface area contributed by atoms with Crippen LogP contribution in [0.3, 0.4) is 0 Å². The van der Waals surface area contributed by atoms with Gasteiger partial charge in [0.15, 0.2) is 0 Å². The molecule has 0 bridgehead atoms. The van der Waals surface area contributed by atoms with Crippen LogP contribution in [-0.2, 0) is 4.79 Å². The van der Waals surface area contributed by atoms with E-state index in [9.17, 15) is 4.79 Å². The third kappa shape index (κ3) is 5.68. The van der Waals surface area contributed by atoms with Gasteiger partial charge in [0.2, 0.25) is 5.91 Å². The van der Waals surface area contributed by atoms with Gasteiger partial charge in [-0.25, -0.2) is 0 Å². The number of carbonyl (C=O) groups is 1. The van der Waals surface area contributed by atoms with Crippen LogP contribution < -0.4 is 10.6 Å². The maximum Gasteiger partial charge on any atom is 0.241 e. The standard InChI is InChI=1S/C14H21N3OS.2ClH/c1-11(17-9-7-15-8-10-17)14(18)16-12-5-3-4-6-13(12)19-2;;/h3-6,11,15H,7-10H2,1-2H3,(H,16,18);2*1H. The summed E-state index contributed by atoms with van der Waals surface area (Å²) in [4.78, 5) is 15.6.